The number of Topliss-reactive ketones (excluding diaryl/α,β-unsaturated/α-hetero) is 1. The van der Waals surface area contributed by atoms with Crippen molar-refractivity contribution >= 4 is 11.5 Å². The smallest absolute Gasteiger partial charge is 0.178 e. The second kappa shape index (κ2) is 6.57. The highest BCUT2D eigenvalue weighted by molar-refractivity contribution is 5.99. The number of ketones is 1. The van der Waals surface area contributed by atoms with Crippen molar-refractivity contribution < 1.29 is 9.18 Å². The molecule has 0 saturated heterocycles. The van der Waals surface area contributed by atoms with Gasteiger partial charge >= 0.3 is 0 Å². The van der Waals surface area contributed by atoms with Gasteiger partial charge in [-0.05, 0) is 48.5 Å². The maximum absolute atomic E-state index is 13.9. The van der Waals surface area contributed by atoms with E-state index in [9.17, 15) is 9.18 Å². The Bertz CT molecular complexity index is 862. The number of nitrogens with zero attached hydrogens (tertiary/aromatic N) is 4. The molecule has 3 rings (SSSR count). The molecular formula is C17H16FN5O. The van der Waals surface area contributed by atoms with E-state index in [-0.39, 0.29) is 17.4 Å². The Balaban J connectivity index is 1.93. The lowest BCUT2D eigenvalue weighted by Crippen LogP contribution is -2.16. The SMILES string of the molecule is CC(=O)c1c(F)cccc1N[C@@H](C)c1nnnn1-c1ccccc1. The number of nitrogens with one attached hydrogen (secondary N) is 1. The van der Waals surface area contributed by atoms with Gasteiger partial charge in [0.25, 0.3) is 0 Å². The molecule has 0 aliphatic rings. The van der Waals surface area contributed by atoms with Crippen LogP contribution in [-0.2, 0) is 0 Å². The van der Waals surface area contributed by atoms with E-state index in [4.69, 9.17) is 0 Å². The van der Waals surface area contributed by atoms with E-state index in [1.807, 2.05) is 37.3 Å². The van der Waals surface area contributed by atoms with Crippen molar-refractivity contribution in [1.82, 2.24) is 20.2 Å². The molecule has 0 saturated carbocycles. The van der Waals surface area contributed by atoms with Gasteiger partial charge in [0.1, 0.15) is 5.82 Å². The quantitative estimate of drug-likeness (QED) is 0.729. The Labute approximate surface area is 138 Å². The summed E-state index contributed by atoms with van der Waals surface area (Å²) in [4.78, 5) is 11.7. The normalized spacial score (nSPS) is 12.0. The third-order valence-electron chi connectivity index (χ3n) is 3.62. The molecule has 1 N–H and O–H groups in total. The fraction of sp³-hybridized carbons (Fsp3) is 0.176. The van der Waals surface area contributed by atoms with Crippen LogP contribution in [0.1, 0.15) is 36.1 Å². The van der Waals surface area contributed by atoms with Crippen LogP contribution in [0.15, 0.2) is 48.5 Å². The van der Waals surface area contributed by atoms with Gasteiger partial charge < -0.3 is 5.32 Å². The number of para-hydroxylation sites is 1. The van der Waals surface area contributed by atoms with Crippen LogP contribution in [-0.4, -0.2) is 26.0 Å². The highest BCUT2D eigenvalue weighted by Gasteiger charge is 2.19. The third-order valence-corrected chi connectivity index (χ3v) is 3.62. The molecule has 0 amide bonds. The van der Waals surface area contributed by atoms with E-state index in [2.05, 4.69) is 20.8 Å². The summed E-state index contributed by atoms with van der Waals surface area (Å²) in [6, 6.07) is 13.6. The minimum absolute atomic E-state index is 0.0306. The summed E-state index contributed by atoms with van der Waals surface area (Å²) in [7, 11) is 0. The van der Waals surface area contributed by atoms with E-state index >= 15 is 0 Å². The second-order valence-electron chi connectivity index (χ2n) is 5.37. The highest BCUT2D eigenvalue weighted by atomic mass is 19.1. The monoisotopic (exact) mass is 325 g/mol. The van der Waals surface area contributed by atoms with Gasteiger partial charge in [-0.3, -0.25) is 4.79 Å². The number of halogens is 1. The van der Waals surface area contributed by atoms with Crippen molar-refractivity contribution in [3.05, 3.63) is 65.7 Å². The molecule has 0 aliphatic carbocycles. The van der Waals surface area contributed by atoms with Crippen LogP contribution in [0.25, 0.3) is 5.69 Å². The number of rotatable bonds is 5. The minimum atomic E-state index is -0.553. The van der Waals surface area contributed by atoms with Crippen LogP contribution >= 0.6 is 0 Å². The molecule has 0 spiro atoms. The van der Waals surface area contributed by atoms with Crippen molar-refractivity contribution in [3.63, 3.8) is 0 Å². The zero-order valence-corrected chi connectivity index (χ0v) is 13.3. The number of aromatic nitrogens is 4. The number of carbonyl (C=O) groups excluding carboxylic acids is 1. The summed E-state index contributed by atoms with van der Waals surface area (Å²) in [5.74, 6) is -0.340. The molecule has 24 heavy (non-hydrogen) atoms. The van der Waals surface area contributed by atoms with E-state index in [1.165, 1.54) is 13.0 Å². The zero-order chi connectivity index (χ0) is 17.1. The number of anilines is 1. The van der Waals surface area contributed by atoms with Crippen LogP contribution in [0, 0.1) is 5.82 Å². The van der Waals surface area contributed by atoms with Crippen LogP contribution in [0.5, 0.6) is 0 Å². The van der Waals surface area contributed by atoms with Gasteiger partial charge in [0.05, 0.1) is 17.3 Å². The molecule has 0 radical (unpaired) electrons. The Morgan fingerprint density at radius 3 is 2.62 bits per heavy atom. The molecule has 122 valence electrons. The van der Waals surface area contributed by atoms with Gasteiger partial charge in [-0.1, -0.05) is 24.3 Å². The van der Waals surface area contributed by atoms with E-state index in [1.54, 1.807) is 16.8 Å². The van der Waals surface area contributed by atoms with Crippen molar-refractivity contribution in [2.45, 2.75) is 19.9 Å². The second-order valence-corrected chi connectivity index (χ2v) is 5.37. The topological polar surface area (TPSA) is 72.7 Å². The van der Waals surface area contributed by atoms with Crippen molar-refractivity contribution in [3.8, 4) is 5.69 Å². The van der Waals surface area contributed by atoms with E-state index < -0.39 is 5.82 Å². The summed E-state index contributed by atoms with van der Waals surface area (Å²) in [5, 5.41) is 14.9. The maximum Gasteiger partial charge on any atom is 0.178 e. The molecule has 0 unspecified atom stereocenters. The van der Waals surface area contributed by atoms with Gasteiger partial charge in [-0.2, -0.15) is 4.68 Å². The number of hydrogen-bond donors (Lipinski definition) is 1. The molecule has 0 aliphatic heterocycles. The number of carbonyl (C=O) groups is 1. The first-order chi connectivity index (χ1) is 11.6. The predicted molar refractivity (Wildman–Crippen MR) is 87.6 cm³/mol. The third kappa shape index (κ3) is 3.01. The Morgan fingerprint density at radius 1 is 1.17 bits per heavy atom. The maximum atomic E-state index is 13.9. The van der Waals surface area contributed by atoms with Crippen LogP contribution in [0.4, 0.5) is 10.1 Å². The van der Waals surface area contributed by atoms with Crippen molar-refractivity contribution in [2.24, 2.45) is 0 Å². The van der Waals surface area contributed by atoms with Gasteiger partial charge in [-0.25, -0.2) is 4.39 Å². The van der Waals surface area contributed by atoms with E-state index in [0.717, 1.165) is 5.69 Å². The minimum Gasteiger partial charge on any atom is -0.375 e. The average molecular weight is 325 g/mol. The molecular weight excluding hydrogens is 309 g/mol. The molecule has 0 fully saturated rings. The Morgan fingerprint density at radius 2 is 1.92 bits per heavy atom. The molecule has 7 heteroatoms. The first kappa shape index (κ1) is 15.8. The number of benzene rings is 2. The number of hydrogen-bond acceptors (Lipinski definition) is 5. The lowest BCUT2D eigenvalue weighted by Gasteiger charge is -2.17. The predicted octanol–water partition coefficient (Wildman–Crippen LogP) is 3.18. The highest BCUT2D eigenvalue weighted by Crippen LogP contribution is 2.24. The standard InChI is InChI=1S/C17H16FN5O/c1-11(19-15-10-6-9-14(18)16(15)12(2)24)17-20-21-22-23(17)13-7-4-3-5-8-13/h3-11,19H,1-2H3/t11-/m0/s1. The molecule has 1 heterocycles. The Hall–Kier alpha value is -3.09. The van der Waals surface area contributed by atoms with Gasteiger partial charge in [0.15, 0.2) is 11.6 Å². The van der Waals surface area contributed by atoms with Crippen LogP contribution in [0.2, 0.25) is 0 Å². The fourth-order valence-electron chi connectivity index (χ4n) is 2.52. The first-order valence-corrected chi connectivity index (χ1v) is 7.47. The molecule has 1 aromatic heterocycles. The fourth-order valence-corrected chi connectivity index (χ4v) is 2.52. The Kier molecular flexibility index (Phi) is 4.33. The largest absolute Gasteiger partial charge is 0.375 e. The van der Waals surface area contributed by atoms with E-state index in [0.29, 0.717) is 11.5 Å². The van der Waals surface area contributed by atoms with Crippen molar-refractivity contribution in [2.75, 3.05) is 5.32 Å². The van der Waals surface area contributed by atoms with Gasteiger partial charge in [0, 0.05) is 5.69 Å². The van der Waals surface area contributed by atoms with Crippen molar-refractivity contribution in [1.29, 1.82) is 0 Å². The summed E-state index contributed by atoms with van der Waals surface area (Å²) in [6.07, 6.45) is 0. The molecule has 0 bridgehead atoms. The summed E-state index contributed by atoms with van der Waals surface area (Å²) >= 11 is 0. The van der Waals surface area contributed by atoms with Crippen LogP contribution < -0.4 is 5.32 Å². The molecule has 3 aromatic rings. The summed E-state index contributed by atoms with van der Waals surface area (Å²) in [5.41, 5.74) is 1.26. The summed E-state index contributed by atoms with van der Waals surface area (Å²) < 4.78 is 15.5. The lowest BCUT2D eigenvalue weighted by atomic mass is 10.1. The average Bonchev–Trinajstić information content (AvgIpc) is 3.05. The molecule has 1 atom stereocenters. The molecule has 6 nitrogen and oxygen atoms in total. The summed E-state index contributed by atoms with van der Waals surface area (Å²) in [6.45, 7) is 3.18. The molecule has 2 aromatic carbocycles. The van der Waals surface area contributed by atoms with Crippen LogP contribution in [0.3, 0.4) is 0 Å². The van der Waals surface area contributed by atoms with Gasteiger partial charge in [-0.15, -0.1) is 5.10 Å². The number of tetrazole rings is 1. The zero-order valence-electron chi connectivity index (χ0n) is 13.3. The van der Waals surface area contributed by atoms with Gasteiger partial charge in [0.2, 0.25) is 0 Å². The first-order valence-electron chi connectivity index (χ1n) is 7.47. The lowest BCUT2D eigenvalue weighted by molar-refractivity contribution is 0.101.